The summed E-state index contributed by atoms with van der Waals surface area (Å²) in [5.74, 6) is 2.91. The number of benzene rings is 1. The molecule has 1 saturated heterocycles. The summed E-state index contributed by atoms with van der Waals surface area (Å²) in [7, 11) is 2.01. The Kier molecular flexibility index (Phi) is 2.79. The molecule has 2 aliphatic rings. The highest BCUT2D eigenvalue weighted by Crippen LogP contribution is 2.59. The molecule has 21 heavy (non-hydrogen) atoms. The Morgan fingerprint density at radius 3 is 2.71 bits per heavy atom. The highest BCUT2D eigenvalue weighted by molar-refractivity contribution is 9.10. The van der Waals surface area contributed by atoms with E-state index in [1.807, 2.05) is 29.8 Å². The topological polar surface area (TPSA) is 38.3 Å². The Labute approximate surface area is 131 Å². The first-order valence-corrected chi connectivity index (χ1v) is 7.75. The van der Waals surface area contributed by atoms with E-state index in [2.05, 4.69) is 35.9 Å². The van der Waals surface area contributed by atoms with Crippen molar-refractivity contribution in [2.45, 2.75) is 5.92 Å². The molecule has 1 saturated carbocycles. The van der Waals surface area contributed by atoms with Gasteiger partial charge in [-0.2, -0.15) is 0 Å². The predicted molar refractivity (Wildman–Crippen MR) is 83.3 cm³/mol. The van der Waals surface area contributed by atoms with E-state index in [1.54, 1.807) is 6.33 Å². The summed E-state index contributed by atoms with van der Waals surface area (Å²) in [6.45, 7) is 9.33. The molecule has 0 N–H and O–H groups in total. The van der Waals surface area contributed by atoms with E-state index in [0.717, 1.165) is 34.8 Å². The van der Waals surface area contributed by atoms with Gasteiger partial charge in [0.05, 0.1) is 12.3 Å². The van der Waals surface area contributed by atoms with Gasteiger partial charge in [-0.15, -0.1) is 10.2 Å². The maximum absolute atomic E-state index is 7.34. The standard InChI is InChI=1S/C15H14BrN5/c1-17-12-5-3-4-11(16)14(12)21-6-9-10(7-21)13(9)15-19-18-8-20(15)2/h3-5,8-10,13H,6-7H2,2H3/t9-,10+,13?. The fourth-order valence-corrected chi connectivity index (χ4v) is 4.20. The molecule has 1 aromatic heterocycles. The summed E-state index contributed by atoms with van der Waals surface area (Å²) in [6.07, 6.45) is 1.77. The first kappa shape index (κ1) is 12.8. The predicted octanol–water partition coefficient (Wildman–Crippen LogP) is 2.98. The van der Waals surface area contributed by atoms with Gasteiger partial charge in [0.15, 0.2) is 0 Å². The highest BCUT2D eigenvalue weighted by Gasteiger charge is 2.58. The molecule has 3 atom stereocenters. The molecule has 1 aromatic carbocycles. The minimum atomic E-state index is 0.535. The van der Waals surface area contributed by atoms with Crippen LogP contribution < -0.4 is 4.90 Å². The third kappa shape index (κ3) is 1.88. The molecule has 5 nitrogen and oxygen atoms in total. The Hall–Kier alpha value is -1.87. The summed E-state index contributed by atoms with van der Waals surface area (Å²) in [5.41, 5.74) is 1.76. The SMILES string of the molecule is [C-]#[N+]c1cccc(Br)c1N1C[C@@H]2C(c3nncn3C)[C@@H]2C1. The Bertz CT molecular complexity index is 735. The third-order valence-corrected chi connectivity index (χ3v) is 5.28. The zero-order valence-corrected chi connectivity index (χ0v) is 13.2. The van der Waals surface area contributed by atoms with Crippen molar-refractivity contribution in [3.8, 4) is 0 Å². The van der Waals surface area contributed by atoms with Crippen molar-refractivity contribution < 1.29 is 0 Å². The Balaban J connectivity index is 1.57. The van der Waals surface area contributed by atoms with E-state index in [0.29, 0.717) is 17.8 Å². The second kappa shape index (κ2) is 4.57. The highest BCUT2D eigenvalue weighted by atomic mass is 79.9. The van der Waals surface area contributed by atoms with Crippen LogP contribution in [-0.4, -0.2) is 27.9 Å². The van der Waals surface area contributed by atoms with E-state index >= 15 is 0 Å². The number of aromatic nitrogens is 3. The molecule has 1 unspecified atom stereocenters. The van der Waals surface area contributed by atoms with Gasteiger partial charge in [-0.05, 0) is 17.9 Å². The number of piperidine rings is 1. The van der Waals surface area contributed by atoms with Crippen LogP contribution in [0, 0.1) is 18.4 Å². The second-order valence-electron chi connectivity index (χ2n) is 5.78. The Morgan fingerprint density at radius 1 is 1.33 bits per heavy atom. The number of fused-ring (bicyclic) bond motifs is 1. The second-order valence-corrected chi connectivity index (χ2v) is 6.63. The number of hydrogen-bond donors (Lipinski definition) is 0. The first-order valence-electron chi connectivity index (χ1n) is 6.95. The molecular formula is C15H14BrN5. The third-order valence-electron chi connectivity index (χ3n) is 4.64. The summed E-state index contributed by atoms with van der Waals surface area (Å²) in [4.78, 5) is 5.98. The van der Waals surface area contributed by atoms with Crippen molar-refractivity contribution in [2.75, 3.05) is 18.0 Å². The van der Waals surface area contributed by atoms with Gasteiger partial charge in [0.2, 0.25) is 5.69 Å². The van der Waals surface area contributed by atoms with Crippen LogP contribution in [0.15, 0.2) is 29.0 Å². The van der Waals surface area contributed by atoms with Crippen LogP contribution in [0.25, 0.3) is 4.85 Å². The van der Waals surface area contributed by atoms with E-state index < -0.39 is 0 Å². The molecule has 0 radical (unpaired) electrons. The lowest BCUT2D eigenvalue weighted by Gasteiger charge is -2.24. The number of para-hydroxylation sites is 1. The molecule has 106 valence electrons. The first-order chi connectivity index (χ1) is 10.2. The Morgan fingerprint density at radius 2 is 2.10 bits per heavy atom. The van der Waals surface area contributed by atoms with Crippen molar-refractivity contribution in [2.24, 2.45) is 18.9 Å². The average Bonchev–Trinajstić information content (AvgIpc) is 2.84. The quantitative estimate of drug-likeness (QED) is 0.787. The van der Waals surface area contributed by atoms with Crippen molar-refractivity contribution in [1.29, 1.82) is 0 Å². The van der Waals surface area contributed by atoms with Crippen molar-refractivity contribution >= 4 is 27.3 Å². The molecule has 6 heteroatoms. The lowest BCUT2D eigenvalue weighted by molar-refractivity contribution is 0.684. The van der Waals surface area contributed by atoms with Gasteiger partial charge < -0.3 is 9.47 Å². The molecule has 2 heterocycles. The van der Waals surface area contributed by atoms with Gasteiger partial charge in [-0.25, -0.2) is 4.85 Å². The van der Waals surface area contributed by atoms with Gasteiger partial charge >= 0.3 is 0 Å². The van der Waals surface area contributed by atoms with E-state index in [4.69, 9.17) is 6.57 Å². The van der Waals surface area contributed by atoms with E-state index in [-0.39, 0.29) is 0 Å². The number of nitrogens with zero attached hydrogens (tertiary/aromatic N) is 5. The van der Waals surface area contributed by atoms with Crippen molar-refractivity contribution in [3.05, 3.63) is 46.2 Å². The minimum Gasteiger partial charge on any atom is -0.379 e. The largest absolute Gasteiger partial charge is 0.379 e. The number of rotatable bonds is 2. The zero-order chi connectivity index (χ0) is 14.6. The summed E-state index contributed by atoms with van der Waals surface area (Å²) < 4.78 is 3.03. The van der Waals surface area contributed by atoms with Gasteiger partial charge in [-0.3, -0.25) is 0 Å². The molecule has 2 fully saturated rings. The monoisotopic (exact) mass is 343 g/mol. The van der Waals surface area contributed by atoms with E-state index in [9.17, 15) is 0 Å². The maximum atomic E-state index is 7.34. The minimum absolute atomic E-state index is 0.535. The molecule has 0 bridgehead atoms. The van der Waals surface area contributed by atoms with Crippen LogP contribution in [0.4, 0.5) is 11.4 Å². The van der Waals surface area contributed by atoms with Crippen molar-refractivity contribution in [1.82, 2.24) is 14.8 Å². The molecule has 1 aliphatic carbocycles. The number of anilines is 1. The molecule has 4 rings (SSSR count). The average molecular weight is 344 g/mol. The van der Waals surface area contributed by atoms with Crippen LogP contribution in [0.1, 0.15) is 11.7 Å². The summed E-state index contributed by atoms with van der Waals surface area (Å²) in [6, 6.07) is 5.81. The number of hydrogen-bond acceptors (Lipinski definition) is 3. The van der Waals surface area contributed by atoms with Crippen LogP contribution in [0.5, 0.6) is 0 Å². The molecule has 2 aromatic rings. The smallest absolute Gasteiger partial charge is 0.210 e. The lowest BCUT2D eigenvalue weighted by Crippen LogP contribution is -2.24. The van der Waals surface area contributed by atoms with Crippen LogP contribution in [0.3, 0.4) is 0 Å². The molecule has 0 spiro atoms. The molecular weight excluding hydrogens is 330 g/mol. The summed E-state index contributed by atoms with van der Waals surface area (Å²) in [5, 5.41) is 8.23. The van der Waals surface area contributed by atoms with Gasteiger partial charge in [-0.1, -0.05) is 28.1 Å². The van der Waals surface area contributed by atoms with Crippen LogP contribution >= 0.6 is 15.9 Å². The number of halogens is 1. The number of aryl methyl sites for hydroxylation is 1. The van der Waals surface area contributed by atoms with Crippen LogP contribution in [-0.2, 0) is 7.05 Å². The van der Waals surface area contributed by atoms with Crippen molar-refractivity contribution in [3.63, 3.8) is 0 Å². The lowest BCUT2D eigenvalue weighted by atomic mass is 10.2. The normalized spacial score (nSPS) is 26.5. The molecule has 0 amide bonds. The van der Waals surface area contributed by atoms with Gasteiger partial charge in [0, 0.05) is 30.5 Å². The van der Waals surface area contributed by atoms with Gasteiger partial charge in [0.25, 0.3) is 0 Å². The maximum Gasteiger partial charge on any atom is 0.210 e. The zero-order valence-electron chi connectivity index (χ0n) is 11.6. The molecule has 1 aliphatic heterocycles. The van der Waals surface area contributed by atoms with Crippen LogP contribution in [0.2, 0.25) is 0 Å². The van der Waals surface area contributed by atoms with E-state index in [1.165, 1.54) is 0 Å². The summed E-state index contributed by atoms with van der Waals surface area (Å²) >= 11 is 3.59. The fraction of sp³-hybridized carbons (Fsp3) is 0.400. The fourth-order valence-electron chi connectivity index (χ4n) is 3.59. The van der Waals surface area contributed by atoms with Gasteiger partial charge in [0.1, 0.15) is 12.2 Å².